The van der Waals surface area contributed by atoms with Crippen LogP contribution in [-0.4, -0.2) is 37.6 Å². The van der Waals surface area contributed by atoms with Gasteiger partial charge in [-0.05, 0) is 31.5 Å². The van der Waals surface area contributed by atoms with Crippen molar-refractivity contribution in [2.75, 3.05) is 31.1 Å². The summed E-state index contributed by atoms with van der Waals surface area (Å²) in [5, 5.41) is 13.2. The first-order chi connectivity index (χ1) is 8.72. The normalized spacial score (nSPS) is 27.0. The van der Waals surface area contributed by atoms with Gasteiger partial charge in [-0.15, -0.1) is 0 Å². The summed E-state index contributed by atoms with van der Waals surface area (Å²) in [5.41, 5.74) is 1.79. The number of hydrogen-bond acceptors (Lipinski definition) is 4. The summed E-state index contributed by atoms with van der Waals surface area (Å²) in [6.45, 7) is 4.28. The zero-order valence-corrected chi connectivity index (χ0v) is 10.4. The van der Waals surface area contributed by atoms with Gasteiger partial charge >= 0.3 is 0 Å². The molecule has 4 heteroatoms. The van der Waals surface area contributed by atoms with Crippen molar-refractivity contribution in [1.29, 1.82) is 0 Å². The van der Waals surface area contributed by atoms with Gasteiger partial charge in [0.2, 0.25) is 0 Å². The highest BCUT2D eigenvalue weighted by Gasteiger charge is 2.40. The Kier molecular flexibility index (Phi) is 2.74. The zero-order valence-electron chi connectivity index (χ0n) is 10.4. The van der Waals surface area contributed by atoms with Crippen molar-refractivity contribution in [3.63, 3.8) is 0 Å². The highest BCUT2D eigenvalue weighted by atomic mass is 16.3. The van der Waals surface area contributed by atoms with Crippen molar-refractivity contribution < 1.29 is 9.90 Å². The first kappa shape index (κ1) is 11.5. The van der Waals surface area contributed by atoms with Crippen LogP contribution in [0.5, 0.6) is 5.75 Å². The van der Waals surface area contributed by atoms with Crippen molar-refractivity contribution >= 4 is 12.0 Å². The van der Waals surface area contributed by atoms with Gasteiger partial charge in [0.15, 0.2) is 6.29 Å². The summed E-state index contributed by atoms with van der Waals surface area (Å²) in [7, 11) is 0. The van der Waals surface area contributed by atoms with Gasteiger partial charge in [0.25, 0.3) is 0 Å². The molecule has 2 N–H and O–H groups in total. The molecule has 3 rings (SSSR count). The Morgan fingerprint density at radius 1 is 1.39 bits per heavy atom. The highest BCUT2D eigenvalue weighted by molar-refractivity contribution is 5.80. The second-order valence-electron chi connectivity index (χ2n) is 5.46. The number of anilines is 1. The van der Waals surface area contributed by atoms with Crippen molar-refractivity contribution in [3.05, 3.63) is 23.8 Å². The molecule has 18 heavy (non-hydrogen) atoms. The summed E-state index contributed by atoms with van der Waals surface area (Å²) in [5.74, 6) is 0.0768. The number of rotatable bonds is 2. The molecule has 0 amide bonds. The van der Waals surface area contributed by atoms with Crippen molar-refractivity contribution in [1.82, 2.24) is 5.32 Å². The van der Waals surface area contributed by atoms with E-state index in [1.165, 1.54) is 12.8 Å². The number of nitrogens with one attached hydrogen (secondary N) is 1. The maximum Gasteiger partial charge on any atom is 0.153 e. The van der Waals surface area contributed by atoms with E-state index in [4.69, 9.17) is 0 Å². The topological polar surface area (TPSA) is 52.6 Å². The van der Waals surface area contributed by atoms with Gasteiger partial charge in [0.1, 0.15) is 5.75 Å². The fourth-order valence-electron chi connectivity index (χ4n) is 3.13. The molecule has 1 aromatic carbocycles. The Morgan fingerprint density at radius 3 is 2.94 bits per heavy atom. The first-order valence-electron chi connectivity index (χ1n) is 6.46. The van der Waals surface area contributed by atoms with Crippen LogP contribution in [0.1, 0.15) is 23.2 Å². The summed E-state index contributed by atoms with van der Waals surface area (Å²) < 4.78 is 0. The molecule has 0 unspecified atom stereocenters. The molecule has 1 atom stereocenters. The maximum atomic E-state index is 10.7. The molecule has 0 bridgehead atoms. The van der Waals surface area contributed by atoms with E-state index in [0.717, 1.165) is 31.9 Å². The Bertz CT molecular complexity index is 467. The van der Waals surface area contributed by atoms with E-state index in [0.29, 0.717) is 17.3 Å². The van der Waals surface area contributed by atoms with Crippen LogP contribution < -0.4 is 10.2 Å². The number of aromatic hydroxyl groups is 1. The largest absolute Gasteiger partial charge is 0.507 e. The Balaban J connectivity index is 1.80. The second-order valence-corrected chi connectivity index (χ2v) is 5.46. The van der Waals surface area contributed by atoms with E-state index < -0.39 is 0 Å². The van der Waals surface area contributed by atoms with Crippen LogP contribution in [0.15, 0.2) is 18.2 Å². The molecule has 2 heterocycles. The SMILES string of the molecule is O=Cc1ccc(N2CC[C@@]3(CCNC3)C2)cc1O. The van der Waals surface area contributed by atoms with Gasteiger partial charge in [-0.25, -0.2) is 0 Å². The fraction of sp³-hybridized carbons (Fsp3) is 0.500. The molecule has 1 spiro atoms. The smallest absolute Gasteiger partial charge is 0.153 e. The Morgan fingerprint density at radius 2 is 2.28 bits per heavy atom. The predicted octanol–water partition coefficient (Wildman–Crippen LogP) is 1.39. The molecule has 1 aromatic rings. The van der Waals surface area contributed by atoms with Crippen LogP contribution in [-0.2, 0) is 0 Å². The predicted molar refractivity (Wildman–Crippen MR) is 70.2 cm³/mol. The van der Waals surface area contributed by atoms with Crippen LogP contribution in [0.2, 0.25) is 0 Å². The second kappa shape index (κ2) is 4.28. The molecule has 0 radical (unpaired) electrons. The quantitative estimate of drug-likeness (QED) is 0.774. The zero-order chi connectivity index (χ0) is 12.6. The monoisotopic (exact) mass is 246 g/mol. The molecule has 0 aromatic heterocycles. The molecular weight excluding hydrogens is 228 g/mol. The number of nitrogens with zero attached hydrogens (tertiary/aromatic N) is 1. The van der Waals surface area contributed by atoms with Gasteiger partial charge in [-0.3, -0.25) is 4.79 Å². The lowest BCUT2D eigenvalue weighted by atomic mass is 9.86. The number of phenols is 1. The molecule has 0 aliphatic carbocycles. The molecular formula is C14H18N2O2. The average Bonchev–Trinajstić information content (AvgIpc) is 3.00. The number of carbonyl (C=O) groups excluding carboxylic acids is 1. The third kappa shape index (κ3) is 1.86. The third-order valence-electron chi connectivity index (χ3n) is 4.28. The summed E-state index contributed by atoms with van der Waals surface area (Å²) in [4.78, 5) is 13.0. The summed E-state index contributed by atoms with van der Waals surface area (Å²) >= 11 is 0. The highest BCUT2D eigenvalue weighted by Crippen LogP contribution is 2.38. The molecule has 2 aliphatic heterocycles. The summed E-state index contributed by atoms with van der Waals surface area (Å²) in [6.07, 6.45) is 3.13. The van der Waals surface area contributed by atoms with Crippen molar-refractivity contribution in [2.24, 2.45) is 5.41 Å². The van der Waals surface area contributed by atoms with Gasteiger partial charge in [-0.2, -0.15) is 0 Å². The lowest BCUT2D eigenvalue weighted by molar-refractivity contribution is 0.112. The van der Waals surface area contributed by atoms with E-state index in [-0.39, 0.29) is 5.75 Å². The lowest BCUT2D eigenvalue weighted by Crippen LogP contribution is -2.29. The van der Waals surface area contributed by atoms with Crippen LogP contribution in [0.3, 0.4) is 0 Å². The number of phenolic OH excluding ortho intramolecular Hbond substituents is 1. The van der Waals surface area contributed by atoms with E-state index >= 15 is 0 Å². The standard InChI is InChI=1S/C14H18N2O2/c17-8-11-1-2-12(7-13(11)18)16-6-4-14(10-16)3-5-15-9-14/h1-2,7-8,15,18H,3-6,9-10H2/t14-/m1/s1. The minimum atomic E-state index is 0.0768. The van der Waals surface area contributed by atoms with Crippen LogP contribution >= 0.6 is 0 Å². The number of benzene rings is 1. The lowest BCUT2D eigenvalue weighted by Gasteiger charge is -2.24. The van der Waals surface area contributed by atoms with E-state index in [2.05, 4.69) is 10.2 Å². The summed E-state index contributed by atoms with van der Waals surface area (Å²) in [6, 6.07) is 5.31. The van der Waals surface area contributed by atoms with E-state index in [1.54, 1.807) is 12.1 Å². The van der Waals surface area contributed by atoms with Gasteiger partial charge in [-0.1, -0.05) is 0 Å². The Hall–Kier alpha value is -1.55. The molecule has 2 aliphatic rings. The molecule has 4 nitrogen and oxygen atoms in total. The molecule has 2 saturated heterocycles. The molecule has 96 valence electrons. The van der Waals surface area contributed by atoms with Gasteiger partial charge in [0, 0.05) is 36.8 Å². The van der Waals surface area contributed by atoms with Crippen LogP contribution in [0.25, 0.3) is 0 Å². The van der Waals surface area contributed by atoms with Crippen LogP contribution in [0, 0.1) is 5.41 Å². The number of carbonyl (C=O) groups is 1. The first-order valence-corrected chi connectivity index (χ1v) is 6.46. The van der Waals surface area contributed by atoms with Crippen molar-refractivity contribution in [3.8, 4) is 5.75 Å². The van der Waals surface area contributed by atoms with Gasteiger partial charge < -0.3 is 15.3 Å². The van der Waals surface area contributed by atoms with E-state index in [1.807, 2.05) is 6.07 Å². The fourth-order valence-corrected chi connectivity index (χ4v) is 3.13. The number of hydrogen-bond donors (Lipinski definition) is 2. The van der Waals surface area contributed by atoms with E-state index in [9.17, 15) is 9.90 Å². The maximum absolute atomic E-state index is 10.7. The van der Waals surface area contributed by atoms with Crippen molar-refractivity contribution in [2.45, 2.75) is 12.8 Å². The van der Waals surface area contributed by atoms with Crippen LogP contribution in [0.4, 0.5) is 5.69 Å². The average molecular weight is 246 g/mol. The minimum absolute atomic E-state index is 0.0768. The number of aldehydes is 1. The molecule has 0 saturated carbocycles. The Labute approximate surface area is 107 Å². The van der Waals surface area contributed by atoms with Gasteiger partial charge in [0.05, 0.1) is 5.56 Å². The minimum Gasteiger partial charge on any atom is -0.507 e. The molecule has 2 fully saturated rings. The third-order valence-corrected chi connectivity index (χ3v) is 4.28.